The quantitative estimate of drug-likeness (QED) is 0.810. The fraction of sp³-hybridized carbons (Fsp3) is 0.316. The van der Waals surface area contributed by atoms with Gasteiger partial charge in [0.05, 0.1) is 6.10 Å². The summed E-state index contributed by atoms with van der Waals surface area (Å²) in [7, 11) is 0. The van der Waals surface area contributed by atoms with Crippen LogP contribution in [0.15, 0.2) is 48.5 Å². The zero-order chi connectivity index (χ0) is 15.2. The minimum absolute atomic E-state index is 0.112. The normalized spacial score (nSPS) is 13.7. The smallest absolute Gasteiger partial charge is 0.150 e. The Balaban J connectivity index is 2.45. The number of carbonyl (C=O) groups excluding carboxylic acids is 1. The first-order valence-corrected chi connectivity index (χ1v) is 7.44. The summed E-state index contributed by atoms with van der Waals surface area (Å²) in [5, 5.41) is 10.1. The lowest BCUT2D eigenvalue weighted by atomic mass is 9.83. The molecule has 0 spiro atoms. The molecule has 2 atom stereocenters. The van der Waals surface area contributed by atoms with Crippen molar-refractivity contribution in [3.63, 3.8) is 0 Å². The molecule has 0 aromatic heterocycles. The lowest BCUT2D eigenvalue weighted by molar-refractivity contribution is 0.112. The Bertz CT molecular complexity index is 604. The number of aliphatic hydroxyl groups is 1. The molecule has 2 heteroatoms. The van der Waals surface area contributed by atoms with E-state index in [1.807, 2.05) is 43.3 Å². The SMILES string of the molecule is CCC(O)CC(c1cccc(C=O)c1)c1ccccc1C. The largest absolute Gasteiger partial charge is 0.393 e. The summed E-state index contributed by atoms with van der Waals surface area (Å²) in [5.41, 5.74) is 4.19. The molecule has 0 saturated carbocycles. The van der Waals surface area contributed by atoms with E-state index < -0.39 is 0 Å². The molecule has 2 aromatic carbocycles. The summed E-state index contributed by atoms with van der Waals surface area (Å²) in [4.78, 5) is 11.0. The minimum atomic E-state index is -0.338. The van der Waals surface area contributed by atoms with Crippen molar-refractivity contribution in [2.24, 2.45) is 0 Å². The first kappa shape index (κ1) is 15.5. The fourth-order valence-corrected chi connectivity index (χ4v) is 2.71. The number of aliphatic hydroxyl groups excluding tert-OH is 1. The molecule has 0 aliphatic carbocycles. The van der Waals surface area contributed by atoms with Gasteiger partial charge >= 0.3 is 0 Å². The Labute approximate surface area is 126 Å². The Kier molecular flexibility index (Phi) is 5.29. The van der Waals surface area contributed by atoms with E-state index in [2.05, 4.69) is 19.1 Å². The highest BCUT2D eigenvalue weighted by molar-refractivity contribution is 5.75. The van der Waals surface area contributed by atoms with E-state index >= 15 is 0 Å². The van der Waals surface area contributed by atoms with Crippen LogP contribution in [0, 0.1) is 6.92 Å². The average molecular weight is 282 g/mol. The first-order chi connectivity index (χ1) is 10.2. The van der Waals surface area contributed by atoms with Crippen molar-refractivity contribution in [2.75, 3.05) is 0 Å². The Morgan fingerprint density at radius 3 is 2.57 bits per heavy atom. The number of aryl methyl sites for hydroxylation is 1. The fourth-order valence-electron chi connectivity index (χ4n) is 2.71. The van der Waals surface area contributed by atoms with Crippen molar-refractivity contribution < 1.29 is 9.90 Å². The average Bonchev–Trinajstić information content (AvgIpc) is 2.53. The highest BCUT2D eigenvalue weighted by Crippen LogP contribution is 2.32. The van der Waals surface area contributed by atoms with Gasteiger partial charge in [-0.1, -0.05) is 49.4 Å². The van der Waals surface area contributed by atoms with Gasteiger partial charge < -0.3 is 5.11 Å². The molecule has 0 amide bonds. The number of hydrogen-bond acceptors (Lipinski definition) is 2. The summed E-state index contributed by atoms with van der Waals surface area (Å²) in [6, 6.07) is 15.9. The van der Waals surface area contributed by atoms with E-state index in [1.165, 1.54) is 11.1 Å². The van der Waals surface area contributed by atoms with Crippen molar-refractivity contribution in [1.29, 1.82) is 0 Å². The van der Waals surface area contributed by atoms with Crippen LogP contribution in [0.2, 0.25) is 0 Å². The van der Waals surface area contributed by atoms with Gasteiger partial charge in [0, 0.05) is 11.5 Å². The van der Waals surface area contributed by atoms with Gasteiger partial charge in [0.25, 0.3) is 0 Å². The lowest BCUT2D eigenvalue weighted by Crippen LogP contribution is -2.13. The van der Waals surface area contributed by atoms with Gasteiger partial charge in [-0.2, -0.15) is 0 Å². The molecule has 0 aliphatic heterocycles. The van der Waals surface area contributed by atoms with Crippen LogP contribution in [0.5, 0.6) is 0 Å². The number of carbonyl (C=O) groups is 1. The van der Waals surface area contributed by atoms with Crippen LogP contribution in [0.25, 0.3) is 0 Å². The molecule has 2 aromatic rings. The standard InChI is InChI=1S/C19H22O2/c1-3-17(21)12-19(18-10-5-4-7-14(18)2)16-9-6-8-15(11-16)13-20/h4-11,13,17,19,21H,3,12H2,1-2H3. The molecule has 2 rings (SSSR count). The second-order valence-electron chi connectivity index (χ2n) is 5.49. The van der Waals surface area contributed by atoms with Crippen molar-refractivity contribution in [2.45, 2.75) is 38.7 Å². The van der Waals surface area contributed by atoms with Gasteiger partial charge in [-0.3, -0.25) is 4.79 Å². The molecule has 0 saturated heterocycles. The molecule has 0 aliphatic rings. The lowest BCUT2D eigenvalue weighted by Gasteiger charge is -2.22. The van der Waals surface area contributed by atoms with Crippen LogP contribution in [0.4, 0.5) is 0 Å². The zero-order valence-electron chi connectivity index (χ0n) is 12.6. The molecule has 0 bridgehead atoms. The van der Waals surface area contributed by atoms with Crippen LogP contribution in [-0.4, -0.2) is 17.5 Å². The maximum Gasteiger partial charge on any atom is 0.150 e. The van der Waals surface area contributed by atoms with Crippen molar-refractivity contribution >= 4 is 6.29 Å². The number of hydrogen-bond donors (Lipinski definition) is 1. The van der Waals surface area contributed by atoms with E-state index in [-0.39, 0.29) is 12.0 Å². The summed E-state index contributed by atoms with van der Waals surface area (Å²) in [5.74, 6) is 0.112. The van der Waals surface area contributed by atoms with E-state index in [4.69, 9.17) is 0 Å². The predicted octanol–water partition coefficient (Wildman–Crippen LogP) is 4.10. The number of rotatable bonds is 6. The van der Waals surface area contributed by atoms with Gasteiger partial charge in [0.15, 0.2) is 0 Å². The summed E-state index contributed by atoms with van der Waals surface area (Å²) >= 11 is 0. The minimum Gasteiger partial charge on any atom is -0.393 e. The second-order valence-corrected chi connectivity index (χ2v) is 5.49. The molecule has 1 N–H and O–H groups in total. The van der Waals surface area contributed by atoms with Crippen LogP contribution < -0.4 is 0 Å². The van der Waals surface area contributed by atoms with Gasteiger partial charge in [0.1, 0.15) is 6.29 Å². The van der Waals surface area contributed by atoms with Crippen molar-refractivity contribution in [3.8, 4) is 0 Å². The van der Waals surface area contributed by atoms with Crippen molar-refractivity contribution in [3.05, 3.63) is 70.8 Å². The summed E-state index contributed by atoms with van der Waals surface area (Å²) < 4.78 is 0. The molecular formula is C19H22O2. The predicted molar refractivity (Wildman–Crippen MR) is 85.8 cm³/mol. The van der Waals surface area contributed by atoms with Gasteiger partial charge in [-0.05, 0) is 42.5 Å². The Hall–Kier alpha value is -1.93. The molecular weight excluding hydrogens is 260 g/mol. The topological polar surface area (TPSA) is 37.3 Å². The summed E-state index contributed by atoms with van der Waals surface area (Å²) in [6.07, 6.45) is 1.93. The summed E-state index contributed by atoms with van der Waals surface area (Å²) in [6.45, 7) is 4.08. The first-order valence-electron chi connectivity index (χ1n) is 7.44. The van der Waals surface area contributed by atoms with E-state index in [0.717, 1.165) is 18.3 Å². The third kappa shape index (κ3) is 3.79. The Morgan fingerprint density at radius 2 is 1.90 bits per heavy atom. The van der Waals surface area contributed by atoms with E-state index in [1.54, 1.807) is 0 Å². The van der Waals surface area contributed by atoms with Crippen LogP contribution in [0.1, 0.15) is 52.7 Å². The van der Waals surface area contributed by atoms with Crippen LogP contribution in [-0.2, 0) is 0 Å². The Morgan fingerprint density at radius 1 is 1.14 bits per heavy atom. The zero-order valence-corrected chi connectivity index (χ0v) is 12.6. The number of aldehydes is 1. The molecule has 21 heavy (non-hydrogen) atoms. The maximum absolute atomic E-state index is 11.0. The number of benzene rings is 2. The van der Waals surface area contributed by atoms with E-state index in [0.29, 0.717) is 12.0 Å². The third-order valence-electron chi connectivity index (χ3n) is 3.99. The molecule has 110 valence electrons. The molecule has 0 radical (unpaired) electrons. The highest BCUT2D eigenvalue weighted by Gasteiger charge is 2.19. The van der Waals surface area contributed by atoms with Gasteiger partial charge in [-0.15, -0.1) is 0 Å². The van der Waals surface area contributed by atoms with Gasteiger partial charge in [-0.25, -0.2) is 0 Å². The van der Waals surface area contributed by atoms with Crippen molar-refractivity contribution in [1.82, 2.24) is 0 Å². The van der Waals surface area contributed by atoms with Crippen LogP contribution in [0.3, 0.4) is 0 Å². The van der Waals surface area contributed by atoms with E-state index in [9.17, 15) is 9.90 Å². The highest BCUT2D eigenvalue weighted by atomic mass is 16.3. The third-order valence-corrected chi connectivity index (χ3v) is 3.99. The van der Waals surface area contributed by atoms with Gasteiger partial charge in [0.2, 0.25) is 0 Å². The molecule has 2 unspecified atom stereocenters. The second kappa shape index (κ2) is 7.19. The molecule has 2 nitrogen and oxygen atoms in total. The molecule has 0 heterocycles. The monoisotopic (exact) mass is 282 g/mol. The van der Waals surface area contributed by atoms with Crippen LogP contribution >= 0.6 is 0 Å². The molecule has 0 fully saturated rings. The maximum atomic E-state index is 11.0.